The highest BCUT2D eigenvalue weighted by molar-refractivity contribution is 5.98. The van der Waals surface area contributed by atoms with Crippen LogP contribution in [-0.2, 0) is 6.54 Å². The lowest BCUT2D eigenvalue weighted by Crippen LogP contribution is -2.08. The van der Waals surface area contributed by atoms with Gasteiger partial charge in [0, 0.05) is 47.4 Å². The maximum absolute atomic E-state index is 12.8. The molecule has 0 atom stereocenters. The van der Waals surface area contributed by atoms with Gasteiger partial charge in [-0.25, -0.2) is 4.98 Å². The van der Waals surface area contributed by atoms with Crippen LogP contribution >= 0.6 is 12.4 Å². The Kier molecular flexibility index (Phi) is 6.12. The molecule has 32 heavy (non-hydrogen) atoms. The van der Waals surface area contributed by atoms with E-state index in [4.69, 9.17) is 10.7 Å². The molecular formula is C26H21ClN4O. The van der Waals surface area contributed by atoms with Gasteiger partial charge in [0.2, 0.25) is 0 Å². The zero-order valence-corrected chi connectivity index (χ0v) is 18.0. The molecule has 0 aliphatic heterocycles. The Hall–Kier alpha value is -3.80. The number of pyridine rings is 3. The summed E-state index contributed by atoms with van der Waals surface area (Å²) in [7, 11) is 0. The van der Waals surface area contributed by atoms with E-state index >= 15 is 0 Å². The summed E-state index contributed by atoms with van der Waals surface area (Å²) in [5, 5.41) is 0.544. The van der Waals surface area contributed by atoms with E-state index in [2.05, 4.69) is 9.97 Å². The largest absolute Gasteiger partial charge is 0.328 e. The van der Waals surface area contributed by atoms with E-state index in [0.717, 1.165) is 39.1 Å². The van der Waals surface area contributed by atoms with Gasteiger partial charge in [-0.1, -0.05) is 60.7 Å². The molecule has 3 N–H and O–H groups in total. The number of nitrogens with zero attached hydrogens (tertiary/aromatic N) is 2. The molecule has 0 bridgehead atoms. The number of benzene rings is 2. The van der Waals surface area contributed by atoms with Crippen molar-refractivity contribution in [3.63, 3.8) is 0 Å². The molecule has 5 rings (SSSR count). The standard InChI is InChI=1S/C26H20N4O.ClH/c27-14-17-8-10-19(11-9-17)24-21(18-5-2-1-3-6-18)13-22-25(30-24)23(16-29-26(22)31)20-7-4-12-28-15-20;/h1-13,15-16H,14,27H2,(H,29,31);1H. The molecule has 5 aromatic rings. The highest BCUT2D eigenvalue weighted by Crippen LogP contribution is 2.35. The number of nitrogens with one attached hydrogen (secondary N) is 1. The van der Waals surface area contributed by atoms with Gasteiger partial charge in [-0.3, -0.25) is 9.78 Å². The van der Waals surface area contributed by atoms with E-state index in [1.54, 1.807) is 18.6 Å². The molecule has 0 aliphatic carbocycles. The van der Waals surface area contributed by atoms with Crippen molar-refractivity contribution in [3.8, 4) is 33.5 Å². The van der Waals surface area contributed by atoms with Gasteiger partial charge >= 0.3 is 0 Å². The van der Waals surface area contributed by atoms with Crippen molar-refractivity contribution in [3.05, 3.63) is 107 Å². The first-order chi connectivity index (χ1) is 15.2. The van der Waals surface area contributed by atoms with Gasteiger partial charge in [0.05, 0.1) is 16.6 Å². The van der Waals surface area contributed by atoms with Crippen molar-refractivity contribution < 1.29 is 0 Å². The monoisotopic (exact) mass is 440 g/mol. The number of hydrogen-bond donors (Lipinski definition) is 2. The van der Waals surface area contributed by atoms with Crippen molar-refractivity contribution in [1.29, 1.82) is 0 Å². The number of halogens is 1. The second-order valence-corrected chi connectivity index (χ2v) is 7.32. The predicted molar refractivity (Wildman–Crippen MR) is 132 cm³/mol. The Labute approximate surface area is 191 Å². The first-order valence-corrected chi connectivity index (χ1v) is 10.1. The maximum Gasteiger partial charge on any atom is 0.257 e. The quantitative estimate of drug-likeness (QED) is 0.402. The second kappa shape index (κ2) is 9.14. The number of fused-ring (bicyclic) bond motifs is 1. The highest BCUT2D eigenvalue weighted by Gasteiger charge is 2.16. The summed E-state index contributed by atoms with van der Waals surface area (Å²) in [4.78, 5) is 24.9. The number of hydrogen-bond acceptors (Lipinski definition) is 4. The van der Waals surface area contributed by atoms with Gasteiger partial charge in [0.25, 0.3) is 5.56 Å². The van der Waals surface area contributed by atoms with E-state index in [-0.39, 0.29) is 18.0 Å². The van der Waals surface area contributed by atoms with Crippen LogP contribution in [0.4, 0.5) is 0 Å². The molecule has 0 amide bonds. The van der Waals surface area contributed by atoms with Crippen LogP contribution in [0.25, 0.3) is 44.4 Å². The summed E-state index contributed by atoms with van der Waals surface area (Å²) in [5.74, 6) is 0. The minimum absolute atomic E-state index is 0. The minimum Gasteiger partial charge on any atom is -0.328 e. The van der Waals surface area contributed by atoms with Crippen LogP contribution in [0, 0.1) is 0 Å². The first-order valence-electron chi connectivity index (χ1n) is 10.1. The van der Waals surface area contributed by atoms with Crippen molar-refractivity contribution >= 4 is 23.3 Å². The van der Waals surface area contributed by atoms with Crippen molar-refractivity contribution in [1.82, 2.24) is 15.0 Å². The number of H-pyrrole nitrogens is 1. The summed E-state index contributed by atoms with van der Waals surface area (Å²) < 4.78 is 0. The smallest absolute Gasteiger partial charge is 0.257 e. The molecule has 3 heterocycles. The fraction of sp³-hybridized carbons (Fsp3) is 0.0385. The molecule has 0 spiro atoms. The van der Waals surface area contributed by atoms with Gasteiger partial charge < -0.3 is 10.7 Å². The van der Waals surface area contributed by atoms with Gasteiger partial charge in [-0.15, -0.1) is 12.4 Å². The number of aromatic amines is 1. The van der Waals surface area contributed by atoms with Crippen LogP contribution < -0.4 is 11.3 Å². The van der Waals surface area contributed by atoms with Crippen molar-refractivity contribution in [2.45, 2.75) is 6.54 Å². The first kappa shape index (κ1) is 21.4. The third-order valence-electron chi connectivity index (χ3n) is 5.39. The average Bonchev–Trinajstić information content (AvgIpc) is 2.85. The topological polar surface area (TPSA) is 84.7 Å². The molecule has 6 heteroatoms. The predicted octanol–water partition coefficient (Wildman–Crippen LogP) is 5.20. The van der Waals surface area contributed by atoms with E-state index in [0.29, 0.717) is 17.4 Å². The lowest BCUT2D eigenvalue weighted by molar-refractivity contribution is 1.07. The molecule has 0 radical (unpaired) electrons. The van der Waals surface area contributed by atoms with E-state index in [1.165, 1.54) is 0 Å². The molecule has 0 unspecified atom stereocenters. The Morgan fingerprint density at radius 1 is 0.844 bits per heavy atom. The van der Waals surface area contributed by atoms with Gasteiger partial charge in [-0.2, -0.15) is 0 Å². The van der Waals surface area contributed by atoms with E-state index in [1.807, 2.05) is 72.8 Å². The summed E-state index contributed by atoms with van der Waals surface area (Å²) in [5.41, 5.74) is 12.7. The molecule has 0 saturated heterocycles. The van der Waals surface area contributed by atoms with Crippen molar-refractivity contribution in [2.75, 3.05) is 0 Å². The second-order valence-electron chi connectivity index (χ2n) is 7.32. The van der Waals surface area contributed by atoms with E-state index in [9.17, 15) is 4.79 Å². The Morgan fingerprint density at radius 3 is 2.28 bits per heavy atom. The maximum atomic E-state index is 12.8. The summed E-state index contributed by atoms with van der Waals surface area (Å²) in [6.07, 6.45) is 5.20. The van der Waals surface area contributed by atoms with Crippen LogP contribution in [0.5, 0.6) is 0 Å². The third kappa shape index (κ3) is 3.91. The van der Waals surface area contributed by atoms with Crippen LogP contribution in [0.3, 0.4) is 0 Å². The minimum atomic E-state index is -0.169. The van der Waals surface area contributed by atoms with Gasteiger partial charge in [0.1, 0.15) is 0 Å². The average molecular weight is 441 g/mol. The van der Waals surface area contributed by atoms with Crippen LogP contribution in [-0.4, -0.2) is 15.0 Å². The normalized spacial score (nSPS) is 10.7. The summed E-state index contributed by atoms with van der Waals surface area (Å²) in [6, 6.07) is 23.8. The SMILES string of the molecule is Cl.NCc1ccc(-c2nc3c(-c4cccnc4)c[nH]c(=O)c3cc2-c2ccccc2)cc1. The molecule has 3 aromatic heterocycles. The molecule has 5 nitrogen and oxygen atoms in total. The van der Waals surface area contributed by atoms with Crippen LogP contribution in [0.15, 0.2) is 96.2 Å². The Morgan fingerprint density at radius 2 is 1.59 bits per heavy atom. The third-order valence-corrected chi connectivity index (χ3v) is 5.39. The zero-order chi connectivity index (χ0) is 21.2. The molecule has 2 aromatic carbocycles. The molecule has 0 fully saturated rings. The molecular weight excluding hydrogens is 420 g/mol. The fourth-order valence-electron chi connectivity index (χ4n) is 3.77. The fourth-order valence-corrected chi connectivity index (χ4v) is 3.77. The van der Waals surface area contributed by atoms with Gasteiger partial charge in [-0.05, 0) is 23.3 Å². The Bertz CT molecular complexity index is 1420. The van der Waals surface area contributed by atoms with Crippen LogP contribution in [0.1, 0.15) is 5.56 Å². The molecule has 0 aliphatic rings. The number of aromatic nitrogens is 3. The Balaban J connectivity index is 0.00000245. The molecule has 0 saturated carbocycles. The van der Waals surface area contributed by atoms with E-state index < -0.39 is 0 Å². The van der Waals surface area contributed by atoms with Gasteiger partial charge in [0.15, 0.2) is 0 Å². The number of rotatable bonds is 4. The highest BCUT2D eigenvalue weighted by atomic mass is 35.5. The lowest BCUT2D eigenvalue weighted by atomic mass is 9.96. The lowest BCUT2D eigenvalue weighted by Gasteiger charge is -2.14. The zero-order valence-electron chi connectivity index (χ0n) is 17.2. The summed E-state index contributed by atoms with van der Waals surface area (Å²) >= 11 is 0. The number of nitrogens with two attached hydrogens (primary N) is 1. The van der Waals surface area contributed by atoms with Crippen LogP contribution in [0.2, 0.25) is 0 Å². The molecule has 158 valence electrons. The summed E-state index contributed by atoms with van der Waals surface area (Å²) in [6.45, 7) is 0.484. The van der Waals surface area contributed by atoms with Crippen molar-refractivity contribution in [2.24, 2.45) is 5.73 Å².